The molecule has 0 radical (unpaired) electrons. The number of thiazole rings is 1. The Morgan fingerprint density at radius 1 is 0.788 bits per heavy atom. The van der Waals surface area contributed by atoms with Gasteiger partial charge < -0.3 is 55.4 Å². The summed E-state index contributed by atoms with van der Waals surface area (Å²) in [5, 5.41) is 27.6. The number of hydrogen-bond acceptors (Lipinski definition) is 16. The van der Waals surface area contributed by atoms with Crippen LogP contribution in [0.25, 0.3) is 32.5 Å². The molecule has 2 fully saturated rings. The average molecular weight is 1190 g/mol. The molecule has 3 atom stereocenters. The maximum absolute atomic E-state index is 14.0. The van der Waals surface area contributed by atoms with Crippen LogP contribution < -0.4 is 31.7 Å². The number of benzene rings is 2. The maximum atomic E-state index is 14.0. The lowest BCUT2D eigenvalue weighted by Gasteiger charge is -2.35. The molecule has 4 aromatic heterocycles. The summed E-state index contributed by atoms with van der Waals surface area (Å²) in [6, 6.07) is 15.9. The SMILES string of the molecule is Cc1cc(C)c(CNC(=O)c2cc(-c3ccc(N4CCN(CCNC(=O)CCOCCOCCOCCC(=O)NC(C(=O)N5C[C@H](O)C[C@H]5C(=O)NCc5ccc(-c6scnc6C)cc5)C(C)(C)C)CC4)nc3)cc3c2cnn3C(C)C)c(=O)[nH]1. The number of anilines is 1. The molecule has 85 heavy (non-hydrogen) atoms. The summed E-state index contributed by atoms with van der Waals surface area (Å²) < 4.78 is 18.7. The number of nitrogens with one attached hydrogen (secondary N) is 5. The van der Waals surface area contributed by atoms with E-state index in [0.717, 1.165) is 93.5 Å². The van der Waals surface area contributed by atoms with Crippen molar-refractivity contribution in [1.29, 1.82) is 0 Å². The number of piperazine rings is 1. The first-order valence-electron chi connectivity index (χ1n) is 29.2. The second-order valence-corrected chi connectivity index (χ2v) is 24.0. The maximum Gasteiger partial charge on any atom is 0.253 e. The van der Waals surface area contributed by atoms with E-state index in [9.17, 15) is 33.9 Å². The summed E-state index contributed by atoms with van der Waals surface area (Å²) in [5.74, 6) is -0.715. The molecule has 5 amide bonds. The minimum Gasteiger partial charge on any atom is -0.391 e. The Kier molecular flexibility index (Phi) is 22.2. The molecule has 0 spiro atoms. The highest BCUT2D eigenvalue weighted by molar-refractivity contribution is 7.13. The minimum absolute atomic E-state index is 0.00615. The molecule has 0 bridgehead atoms. The molecule has 0 saturated carbocycles. The van der Waals surface area contributed by atoms with E-state index in [1.807, 2.05) is 126 Å². The summed E-state index contributed by atoms with van der Waals surface area (Å²) in [7, 11) is 0. The van der Waals surface area contributed by atoms with Crippen molar-refractivity contribution in [2.75, 3.05) is 90.4 Å². The molecule has 6 heterocycles. The van der Waals surface area contributed by atoms with Gasteiger partial charge in [-0.25, -0.2) is 9.97 Å². The van der Waals surface area contributed by atoms with E-state index < -0.39 is 29.5 Å². The van der Waals surface area contributed by atoms with E-state index in [2.05, 4.69) is 46.1 Å². The Morgan fingerprint density at radius 2 is 1.47 bits per heavy atom. The number of carbonyl (C=O) groups excluding carboxylic acids is 5. The van der Waals surface area contributed by atoms with E-state index in [0.29, 0.717) is 30.9 Å². The normalized spacial score (nSPS) is 16.0. The lowest BCUT2D eigenvalue weighted by molar-refractivity contribution is -0.144. The van der Waals surface area contributed by atoms with Gasteiger partial charge in [0.1, 0.15) is 17.9 Å². The molecular weight excluding hydrogens is 1100 g/mol. The fourth-order valence-corrected chi connectivity index (χ4v) is 11.4. The number of H-pyrrole nitrogens is 1. The number of likely N-dealkylation sites (tertiary alicyclic amines) is 1. The standard InChI is InChI=1S/C62H82N12O10S/c1-39(2)74-51-31-46(30-48(50(51)36-68-74)58(78)66-35-49-40(3)29-41(4)69-59(49)79)45-13-14-53(64-34-45)72-21-19-71(20-22-72)18-17-63-54(76)15-23-82-25-27-84-28-26-83-24-16-55(77)70-57(62(6,7)8)61(81)73-37-47(75)32-52(73)60(80)65-33-43-9-11-44(12-10-43)56-42(5)67-38-85-56/h9-14,29-31,34,36,38-39,47,52,57,75H,15-28,32-33,35,37H2,1-8H3,(H,63,76)(H,65,80)(H,66,78)(H,69,79)(H,70,77)/t47-,52+,57?/m1/s1. The summed E-state index contributed by atoms with van der Waals surface area (Å²) in [4.78, 5) is 98.6. The molecular formula is C62H82N12O10S. The zero-order valence-electron chi connectivity index (χ0n) is 50.1. The van der Waals surface area contributed by atoms with Gasteiger partial charge in [-0.3, -0.25) is 38.3 Å². The predicted molar refractivity (Wildman–Crippen MR) is 326 cm³/mol. The van der Waals surface area contributed by atoms with Gasteiger partial charge in [0.15, 0.2) is 0 Å². The second kappa shape index (κ2) is 29.6. The Morgan fingerprint density at radius 3 is 2.11 bits per heavy atom. The Bertz CT molecular complexity index is 3310. The average Bonchev–Trinajstić information content (AvgIpc) is 2.38. The number of aromatic amines is 1. The zero-order chi connectivity index (χ0) is 60.8. The summed E-state index contributed by atoms with van der Waals surface area (Å²) in [6.07, 6.45) is 3.00. The molecule has 2 saturated heterocycles. The van der Waals surface area contributed by atoms with E-state index >= 15 is 0 Å². The molecule has 2 aliphatic heterocycles. The van der Waals surface area contributed by atoms with Crippen molar-refractivity contribution in [3.05, 3.63) is 116 Å². The first kappa shape index (κ1) is 63.6. The van der Waals surface area contributed by atoms with Gasteiger partial charge in [0, 0.05) is 113 Å². The molecule has 23 heteroatoms. The first-order chi connectivity index (χ1) is 40.7. The summed E-state index contributed by atoms with van der Waals surface area (Å²) >= 11 is 1.57. The number of β-amino-alcohol motifs (C(OH)–C–C–N with tert-alkyl or cyclic N) is 1. The number of amides is 5. The van der Waals surface area contributed by atoms with Crippen molar-refractivity contribution in [3.8, 4) is 21.6 Å². The van der Waals surface area contributed by atoms with Gasteiger partial charge in [0.05, 0.1) is 79.1 Å². The minimum atomic E-state index is -0.947. The molecule has 2 aliphatic rings. The quantitative estimate of drug-likeness (QED) is 0.0361. The van der Waals surface area contributed by atoms with Gasteiger partial charge in [-0.05, 0) is 92.6 Å². The van der Waals surface area contributed by atoms with Crippen molar-refractivity contribution >= 4 is 57.6 Å². The van der Waals surface area contributed by atoms with Gasteiger partial charge >= 0.3 is 0 Å². The van der Waals surface area contributed by atoms with E-state index in [-0.39, 0.29) is 101 Å². The van der Waals surface area contributed by atoms with Crippen LogP contribution in [-0.2, 0) is 46.5 Å². The highest BCUT2D eigenvalue weighted by Crippen LogP contribution is 2.32. The van der Waals surface area contributed by atoms with E-state index in [1.54, 1.807) is 17.5 Å². The smallest absolute Gasteiger partial charge is 0.253 e. The molecule has 0 aliphatic carbocycles. The number of pyridine rings is 2. The Labute approximate surface area is 500 Å². The highest BCUT2D eigenvalue weighted by atomic mass is 32.1. The predicted octanol–water partition coefficient (Wildman–Crippen LogP) is 5.22. The lowest BCUT2D eigenvalue weighted by Crippen LogP contribution is -2.57. The van der Waals surface area contributed by atoms with Crippen molar-refractivity contribution < 1.29 is 43.3 Å². The van der Waals surface area contributed by atoms with Crippen LogP contribution in [0.5, 0.6) is 0 Å². The third-order valence-electron chi connectivity index (χ3n) is 15.3. The summed E-state index contributed by atoms with van der Waals surface area (Å²) in [6.45, 7) is 21.5. The van der Waals surface area contributed by atoms with Gasteiger partial charge in [0.25, 0.3) is 11.5 Å². The number of fused-ring (bicyclic) bond motifs is 1. The van der Waals surface area contributed by atoms with Gasteiger partial charge in [0.2, 0.25) is 23.6 Å². The lowest BCUT2D eigenvalue weighted by atomic mass is 9.85. The van der Waals surface area contributed by atoms with E-state index in [4.69, 9.17) is 19.2 Å². The number of rotatable bonds is 27. The van der Waals surface area contributed by atoms with Crippen LogP contribution in [0.2, 0.25) is 0 Å². The highest BCUT2D eigenvalue weighted by Gasteiger charge is 2.44. The number of nitrogens with zero attached hydrogens (tertiary/aromatic N) is 7. The van der Waals surface area contributed by atoms with Crippen LogP contribution in [0.3, 0.4) is 0 Å². The number of aliphatic hydroxyl groups is 1. The van der Waals surface area contributed by atoms with Gasteiger partial charge in [-0.2, -0.15) is 5.10 Å². The van der Waals surface area contributed by atoms with Crippen molar-refractivity contribution in [1.82, 2.24) is 55.8 Å². The van der Waals surface area contributed by atoms with Crippen molar-refractivity contribution in [2.45, 2.75) is 112 Å². The third kappa shape index (κ3) is 17.2. The van der Waals surface area contributed by atoms with Crippen molar-refractivity contribution in [2.24, 2.45) is 5.41 Å². The van der Waals surface area contributed by atoms with Gasteiger partial charge in [-0.15, -0.1) is 11.3 Å². The molecule has 2 aromatic carbocycles. The van der Waals surface area contributed by atoms with Crippen LogP contribution in [0.1, 0.15) is 98.4 Å². The Hall–Kier alpha value is -7.41. The van der Waals surface area contributed by atoms with Crippen LogP contribution in [0, 0.1) is 26.2 Å². The Balaban J connectivity index is 0.666. The number of aromatic nitrogens is 5. The van der Waals surface area contributed by atoms with Crippen LogP contribution in [0.15, 0.2) is 77.3 Å². The zero-order valence-corrected chi connectivity index (χ0v) is 50.9. The fraction of sp³-hybridized carbons (Fsp3) is 0.500. The number of carbonyl (C=O) groups is 5. The molecule has 1 unspecified atom stereocenters. The monoisotopic (exact) mass is 1190 g/mol. The molecule has 8 rings (SSSR count). The van der Waals surface area contributed by atoms with Gasteiger partial charge in [-0.1, -0.05) is 45.0 Å². The van der Waals surface area contributed by atoms with Crippen LogP contribution >= 0.6 is 11.3 Å². The molecule has 22 nitrogen and oxygen atoms in total. The van der Waals surface area contributed by atoms with Crippen molar-refractivity contribution in [3.63, 3.8) is 0 Å². The number of ether oxygens (including phenoxy) is 3. The molecule has 456 valence electrons. The topological polar surface area (TPSA) is 268 Å². The second-order valence-electron chi connectivity index (χ2n) is 23.1. The number of aryl methyl sites for hydroxylation is 3. The third-order valence-corrected chi connectivity index (χ3v) is 16.3. The summed E-state index contributed by atoms with van der Waals surface area (Å²) in [5.41, 5.74) is 8.87. The van der Waals surface area contributed by atoms with Crippen LogP contribution in [-0.4, -0.2) is 173 Å². The molecule has 6 N–H and O–H groups in total. The van der Waals surface area contributed by atoms with Crippen LogP contribution in [0.4, 0.5) is 5.82 Å². The first-order valence-corrected chi connectivity index (χ1v) is 30.1. The fourth-order valence-electron chi connectivity index (χ4n) is 10.5. The molecule has 6 aromatic rings. The van der Waals surface area contributed by atoms with E-state index in [1.165, 1.54) is 4.90 Å². The largest absolute Gasteiger partial charge is 0.391 e. The number of aliphatic hydroxyl groups excluding tert-OH is 1. The number of hydrogen-bond donors (Lipinski definition) is 6.